The number of hydrogen-bond acceptors (Lipinski definition) is 3. The molecule has 0 heterocycles. The van der Waals surface area contributed by atoms with Crippen LogP contribution in [-0.4, -0.2) is 16.8 Å². The van der Waals surface area contributed by atoms with E-state index in [1.165, 1.54) is 24.8 Å². The second-order valence-corrected chi connectivity index (χ2v) is 9.17. The third-order valence-electron chi connectivity index (χ3n) is 3.47. The van der Waals surface area contributed by atoms with Crippen LogP contribution in [0.1, 0.15) is 93.4 Å². The van der Waals surface area contributed by atoms with Gasteiger partial charge in [0.25, 0.3) is 0 Å². The molecule has 0 radical (unpaired) electrons. The van der Waals surface area contributed by atoms with E-state index in [2.05, 4.69) is 44.9 Å². The van der Waals surface area contributed by atoms with Gasteiger partial charge in [0.05, 0.1) is 0 Å². The van der Waals surface area contributed by atoms with Gasteiger partial charge in [-0.2, -0.15) is 6.08 Å². The number of rotatable bonds is 9. The molecule has 0 spiro atoms. The summed E-state index contributed by atoms with van der Waals surface area (Å²) in [5, 5.41) is 31.9. The number of unbranched alkanes of at least 4 members (excludes halogenated alkanes) is 1. The van der Waals surface area contributed by atoms with Crippen molar-refractivity contribution in [1.29, 1.82) is 0 Å². The second-order valence-electron chi connectivity index (χ2n) is 9.17. The Bertz CT molecular complexity index is 450. The third-order valence-corrected chi connectivity index (χ3v) is 3.47. The van der Waals surface area contributed by atoms with Gasteiger partial charge in [0.1, 0.15) is 0 Å². The van der Waals surface area contributed by atoms with Gasteiger partial charge in [-0.25, -0.2) is 11.6 Å². The van der Waals surface area contributed by atoms with Crippen molar-refractivity contribution in [2.24, 2.45) is 0 Å². The molecule has 1 rings (SSSR count). The molecular weight excluding hydrogens is 420 g/mol. The topological polar surface area (TPSA) is 69.2 Å². The summed E-state index contributed by atoms with van der Waals surface area (Å²) in [4.78, 5) is 0. The van der Waals surface area contributed by atoms with Crippen molar-refractivity contribution in [3.63, 3.8) is 0 Å². The van der Waals surface area contributed by atoms with Crippen LogP contribution in [0.3, 0.4) is 0 Å². The molecule has 1 aliphatic rings. The van der Waals surface area contributed by atoms with E-state index in [9.17, 15) is 15.3 Å². The molecule has 0 N–H and O–H groups in total. The summed E-state index contributed by atoms with van der Waals surface area (Å²) in [5.74, 6) is 0. The van der Waals surface area contributed by atoms with E-state index in [-0.39, 0.29) is 21.7 Å². The first-order chi connectivity index (χ1) is 13.6. The summed E-state index contributed by atoms with van der Waals surface area (Å²) >= 11 is 0. The zero-order valence-electron chi connectivity index (χ0n) is 21.2. The van der Waals surface area contributed by atoms with Crippen molar-refractivity contribution in [3.05, 3.63) is 61.8 Å². The second kappa shape index (κ2) is 21.2. The summed E-state index contributed by atoms with van der Waals surface area (Å²) in [5.41, 5.74) is -1.04. The van der Waals surface area contributed by atoms with Gasteiger partial charge >= 0.3 is 21.7 Å². The fraction of sp³-hybridized carbons (Fsp3) is 0.630. The Hall–Kier alpha value is -0.706. The molecule has 0 unspecified atom stereocenters. The van der Waals surface area contributed by atoms with E-state index in [1.54, 1.807) is 59.8 Å². The van der Waals surface area contributed by atoms with Crippen LogP contribution in [0.5, 0.6) is 0 Å². The van der Waals surface area contributed by atoms with E-state index in [0.717, 1.165) is 6.42 Å². The molecule has 0 aromatic rings. The Kier molecular flexibility index (Phi) is 25.7. The average molecular weight is 467 g/mol. The zero-order chi connectivity index (χ0) is 24.3. The van der Waals surface area contributed by atoms with Gasteiger partial charge in [0, 0.05) is 0 Å². The molecule has 31 heavy (non-hydrogen) atoms. The minimum Gasteiger partial charge on any atom is -0.850 e. The van der Waals surface area contributed by atoms with Gasteiger partial charge in [0.15, 0.2) is 0 Å². The van der Waals surface area contributed by atoms with E-state index >= 15 is 0 Å². The molecule has 0 atom stereocenters. The summed E-state index contributed by atoms with van der Waals surface area (Å²) < 4.78 is 0. The van der Waals surface area contributed by atoms with Crippen molar-refractivity contribution in [1.82, 2.24) is 0 Å². The fourth-order valence-corrected chi connectivity index (χ4v) is 2.03. The van der Waals surface area contributed by atoms with Gasteiger partial charge in [-0.15, -0.1) is 43.0 Å². The van der Waals surface area contributed by atoms with E-state index in [4.69, 9.17) is 0 Å². The maximum atomic E-state index is 10.6. The summed E-state index contributed by atoms with van der Waals surface area (Å²) in [7, 11) is 0. The maximum Gasteiger partial charge on any atom is 4.00 e. The molecular formula is C27H46O3Ti. The minimum atomic E-state index is -0.818. The molecule has 0 aromatic carbocycles. The van der Waals surface area contributed by atoms with Gasteiger partial charge < -0.3 is 15.3 Å². The number of allylic oxidation sites excluding steroid dienone is 4. The molecule has 0 amide bonds. The monoisotopic (exact) mass is 466 g/mol. The fourth-order valence-electron chi connectivity index (χ4n) is 2.03. The van der Waals surface area contributed by atoms with Crippen LogP contribution in [0.4, 0.5) is 0 Å². The van der Waals surface area contributed by atoms with Crippen LogP contribution in [0.25, 0.3) is 0 Å². The van der Waals surface area contributed by atoms with E-state index < -0.39 is 16.8 Å². The first-order valence-electron chi connectivity index (χ1n) is 10.8. The van der Waals surface area contributed by atoms with Crippen molar-refractivity contribution >= 4 is 0 Å². The van der Waals surface area contributed by atoms with Crippen molar-refractivity contribution in [2.75, 3.05) is 0 Å². The minimum absolute atomic E-state index is 0. The standard InChI is InChI=1S/C9H13.3C6H11O.Ti/c1-2-3-6-9-7-4-5-8-9;3*1-4-5-6(2,3)7;/h4,7H,2-3,5-6H2,1H3;3*4H,1,5H2,2-3H3;/q4*-1;+4. The Balaban J connectivity index is -0.000000156. The quantitative estimate of drug-likeness (QED) is 0.274. The summed E-state index contributed by atoms with van der Waals surface area (Å²) in [6, 6.07) is 0. The average Bonchev–Trinajstić information content (AvgIpc) is 3.04. The Morgan fingerprint density at radius 1 is 0.839 bits per heavy atom. The first-order valence-corrected chi connectivity index (χ1v) is 10.8. The van der Waals surface area contributed by atoms with E-state index in [1.807, 2.05) is 0 Å². The largest absolute Gasteiger partial charge is 4.00 e. The molecule has 176 valence electrons. The summed E-state index contributed by atoms with van der Waals surface area (Å²) in [6.45, 7) is 22.4. The van der Waals surface area contributed by atoms with Gasteiger partial charge in [0.2, 0.25) is 0 Å². The Labute approximate surface area is 208 Å². The van der Waals surface area contributed by atoms with Crippen LogP contribution in [0, 0.1) is 6.08 Å². The van der Waals surface area contributed by atoms with Gasteiger partial charge in [-0.05, 0) is 19.3 Å². The van der Waals surface area contributed by atoms with Crippen LogP contribution in [-0.2, 0) is 21.7 Å². The molecule has 1 aliphatic carbocycles. The molecule has 0 bridgehead atoms. The molecule has 0 fully saturated rings. The van der Waals surface area contributed by atoms with Crippen LogP contribution in [0.2, 0.25) is 0 Å². The molecule has 3 nitrogen and oxygen atoms in total. The molecule has 0 aliphatic heterocycles. The zero-order valence-corrected chi connectivity index (χ0v) is 22.7. The first kappa shape index (κ1) is 37.6. The normalized spacial score (nSPS) is 12.4. The Morgan fingerprint density at radius 3 is 1.35 bits per heavy atom. The van der Waals surface area contributed by atoms with Gasteiger partial charge in [-0.1, -0.05) is 86.0 Å². The van der Waals surface area contributed by atoms with E-state index in [0.29, 0.717) is 19.3 Å². The van der Waals surface area contributed by atoms with Gasteiger partial charge in [-0.3, -0.25) is 6.08 Å². The third kappa shape index (κ3) is 43.9. The molecule has 4 heteroatoms. The Morgan fingerprint density at radius 2 is 1.19 bits per heavy atom. The predicted molar refractivity (Wildman–Crippen MR) is 127 cm³/mol. The van der Waals surface area contributed by atoms with Crippen molar-refractivity contribution in [2.45, 2.75) is 110 Å². The maximum absolute atomic E-state index is 10.6. The smallest absolute Gasteiger partial charge is 0.850 e. The SMILES string of the molecule is C=CCC(C)(C)[O-].C=CCC(C)(C)[O-].C=CCC(C)(C)[O-].CCCCC1=[C-]CC=C1.[Ti+4]. The van der Waals surface area contributed by atoms with Crippen molar-refractivity contribution in [3.8, 4) is 0 Å². The summed E-state index contributed by atoms with van der Waals surface area (Å²) in [6.07, 6.45) is 19.1. The number of hydrogen-bond donors (Lipinski definition) is 0. The predicted octanol–water partition coefficient (Wildman–Crippen LogP) is 4.97. The van der Waals surface area contributed by atoms with Crippen LogP contribution in [0.15, 0.2) is 55.7 Å². The van der Waals surface area contributed by atoms with Crippen molar-refractivity contribution < 1.29 is 37.0 Å². The molecule has 0 saturated carbocycles. The van der Waals surface area contributed by atoms with Crippen LogP contribution < -0.4 is 15.3 Å². The molecule has 0 saturated heterocycles. The van der Waals surface area contributed by atoms with Crippen LogP contribution >= 0.6 is 0 Å². The molecule has 0 aromatic heterocycles.